The van der Waals surface area contributed by atoms with Gasteiger partial charge in [-0.15, -0.1) is 0 Å². The van der Waals surface area contributed by atoms with Crippen molar-refractivity contribution < 1.29 is 18.3 Å². The van der Waals surface area contributed by atoms with Gasteiger partial charge in [-0.2, -0.15) is 0 Å². The van der Waals surface area contributed by atoms with Gasteiger partial charge in [0.15, 0.2) is 0 Å². The summed E-state index contributed by atoms with van der Waals surface area (Å²) in [6, 6.07) is 0. The van der Waals surface area contributed by atoms with Crippen molar-refractivity contribution in [2.75, 3.05) is 6.61 Å². The smallest absolute Gasteiger partial charge is 0.341 e. The van der Waals surface area contributed by atoms with Crippen LogP contribution in [-0.4, -0.2) is 17.6 Å². The van der Waals surface area contributed by atoms with Crippen LogP contribution in [0.15, 0.2) is 6.20 Å². The molecule has 0 bridgehead atoms. The molecule has 0 N–H and O–H groups in total. The Labute approximate surface area is 118 Å². The number of hydrogen-bond donors (Lipinski definition) is 0. The van der Waals surface area contributed by atoms with E-state index in [1.807, 2.05) is 22.6 Å². The van der Waals surface area contributed by atoms with Crippen molar-refractivity contribution in [1.29, 1.82) is 0 Å². The van der Waals surface area contributed by atoms with Crippen molar-refractivity contribution in [2.24, 2.45) is 0 Å². The number of halogens is 4. The second-order valence-electron chi connectivity index (χ2n) is 2.71. The lowest BCUT2D eigenvalue weighted by molar-refractivity contribution is 0.0522. The molecule has 0 aliphatic rings. The first-order valence-electron chi connectivity index (χ1n) is 4.28. The summed E-state index contributed by atoms with van der Waals surface area (Å²) >= 11 is 3.53. The van der Waals surface area contributed by atoms with Gasteiger partial charge in [0.25, 0.3) is 6.43 Å². The summed E-state index contributed by atoms with van der Waals surface area (Å²) in [5, 5.41) is 0. The Bertz CT molecular complexity index is 413. The first-order chi connectivity index (χ1) is 7.49. The first-order valence-corrected chi connectivity index (χ1v) is 6.44. The van der Waals surface area contributed by atoms with Crippen LogP contribution in [0.25, 0.3) is 0 Å². The zero-order valence-electron chi connectivity index (χ0n) is 8.14. The summed E-state index contributed by atoms with van der Waals surface area (Å²) in [6.07, 6.45) is -1.57. The maximum atomic E-state index is 12.6. The molecular formula is C9H7F2I2NO2. The van der Waals surface area contributed by atoms with Crippen LogP contribution in [0.3, 0.4) is 0 Å². The highest BCUT2D eigenvalue weighted by molar-refractivity contribution is 14.1. The van der Waals surface area contributed by atoms with Crippen LogP contribution in [0, 0.1) is 7.27 Å². The Kier molecular flexibility index (Phi) is 5.28. The van der Waals surface area contributed by atoms with Crippen LogP contribution in [0.2, 0.25) is 0 Å². The van der Waals surface area contributed by atoms with Crippen LogP contribution in [0.5, 0.6) is 0 Å². The van der Waals surface area contributed by atoms with Crippen LogP contribution in [0.4, 0.5) is 8.78 Å². The molecule has 0 aromatic carbocycles. The van der Waals surface area contributed by atoms with E-state index >= 15 is 0 Å². The summed E-state index contributed by atoms with van der Waals surface area (Å²) in [4.78, 5) is 15.3. The van der Waals surface area contributed by atoms with E-state index in [-0.39, 0.29) is 21.3 Å². The maximum Gasteiger partial charge on any atom is 0.341 e. The van der Waals surface area contributed by atoms with Crippen molar-refractivity contribution in [3.63, 3.8) is 0 Å². The van der Waals surface area contributed by atoms with Gasteiger partial charge in [-0.1, -0.05) is 0 Å². The van der Waals surface area contributed by atoms with Crippen LogP contribution < -0.4 is 0 Å². The number of aromatic nitrogens is 1. The zero-order chi connectivity index (χ0) is 12.3. The molecule has 0 unspecified atom stereocenters. The minimum atomic E-state index is -2.65. The van der Waals surface area contributed by atoms with E-state index in [2.05, 4.69) is 4.98 Å². The summed E-state index contributed by atoms with van der Waals surface area (Å²) in [6.45, 7) is 1.85. The van der Waals surface area contributed by atoms with Gasteiger partial charge in [0, 0.05) is 9.77 Å². The average molecular weight is 453 g/mol. The molecule has 1 heterocycles. The number of pyridine rings is 1. The summed E-state index contributed by atoms with van der Waals surface area (Å²) < 4.78 is 30.5. The second kappa shape index (κ2) is 6.03. The molecule has 1 aromatic rings. The minimum Gasteiger partial charge on any atom is -0.462 e. The third-order valence-electron chi connectivity index (χ3n) is 1.71. The van der Waals surface area contributed by atoms with Crippen molar-refractivity contribution >= 4 is 51.2 Å². The lowest BCUT2D eigenvalue weighted by atomic mass is 10.2. The highest BCUT2D eigenvalue weighted by Gasteiger charge is 2.22. The summed E-state index contributed by atoms with van der Waals surface area (Å²) in [5.74, 6) is -0.619. The van der Waals surface area contributed by atoms with Crippen LogP contribution in [-0.2, 0) is 4.74 Å². The fourth-order valence-electron chi connectivity index (χ4n) is 1.01. The molecule has 1 rings (SSSR count). The number of carbonyl (C=O) groups is 1. The van der Waals surface area contributed by atoms with Crippen molar-refractivity contribution in [2.45, 2.75) is 13.3 Å². The van der Waals surface area contributed by atoms with E-state index in [4.69, 9.17) is 4.74 Å². The number of ether oxygens (including phenoxy) is 1. The topological polar surface area (TPSA) is 39.2 Å². The number of esters is 1. The van der Waals surface area contributed by atoms with Crippen LogP contribution in [0.1, 0.15) is 29.3 Å². The van der Waals surface area contributed by atoms with Crippen LogP contribution >= 0.6 is 45.2 Å². The third-order valence-corrected chi connectivity index (χ3v) is 3.69. The number of rotatable bonds is 3. The Morgan fingerprint density at radius 2 is 2.19 bits per heavy atom. The molecule has 0 aliphatic heterocycles. The lowest BCUT2D eigenvalue weighted by Gasteiger charge is -2.09. The van der Waals surface area contributed by atoms with E-state index < -0.39 is 12.4 Å². The van der Waals surface area contributed by atoms with Gasteiger partial charge in [-0.05, 0) is 52.1 Å². The molecule has 3 nitrogen and oxygen atoms in total. The van der Waals surface area contributed by atoms with Gasteiger partial charge in [-0.3, -0.25) is 0 Å². The van der Waals surface area contributed by atoms with Gasteiger partial charge in [0.05, 0.1) is 12.2 Å². The largest absolute Gasteiger partial charge is 0.462 e. The number of hydrogen-bond acceptors (Lipinski definition) is 3. The summed E-state index contributed by atoms with van der Waals surface area (Å²) in [7, 11) is 0. The van der Waals surface area contributed by atoms with Gasteiger partial charge in [-0.25, -0.2) is 18.6 Å². The van der Waals surface area contributed by atoms with Crippen molar-refractivity contribution in [3.8, 4) is 0 Å². The van der Waals surface area contributed by atoms with Gasteiger partial charge >= 0.3 is 5.97 Å². The molecule has 0 amide bonds. The Morgan fingerprint density at radius 1 is 1.56 bits per heavy atom. The second-order valence-corrected chi connectivity index (χ2v) is 4.82. The zero-order valence-corrected chi connectivity index (χ0v) is 12.5. The molecule has 0 atom stereocenters. The van der Waals surface area contributed by atoms with E-state index in [0.29, 0.717) is 3.70 Å². The lowest BCUT2D eigenvalue weighted by Crippen LogP contribution is -2.12. The number of carbonyl (C=O) groups excluding carboxylic acids is 1. The molecule has 0 radical (unpaired) electrons. The average Bonchev–Trinajstić information content (AvgIpc) is 2.17. The van der Waals surface area contributed by atoms with E-state index in [9.17, 15) is 13.6 Å². The predicted molar refractivity (Wildman–Crippen MR) is 70.6 cm³/mol. The van der Waals surface area contributed by atoms with Gasteiger partial charge < -0.3 is 4.74 Å². The highest BCUT2D eigenvalue weighted by Crippen LogP contribution is 2.28. The van der Waals surface area contributed by atoms with Crippen molar-refractivity contribution in [1.82, 2.24) is 4.98 Å². The molecule has 0 saturated carbocycles. The molecular weight excluding hydrogens is 446 g/mol. The Morgan fingerprint density at radius 3 is 2.69 bits per heavy atom. The van der Waals surface area contributed by atoms with Gasteiger partial charge in [0.2, 0.25) is 0 Å². The summed E-state index contributed by atoms with van der Waals surface area (Å²) in [5.41, 5.74) is -0.134. The Balaban J connectivity index is 3.26. The van der Waals surface area contributed by atoms with Gasteiger partial charge in [0.1, 0.15) is 9.26 Å². The quantitative estimate of drug-likeness (QED) is 0.401. The monoisotopic (exact) mass is 453 g/mol. The fraction of sp³-hybridized carbons (Fsp3) is 0.333. The molecule has 16 heavy (non-hydrogen) atoms. The number of nitrogens with zero attached hydrogens (tertiary/aromatic N) is 1. The molecule has 0 aliphatic carbocycles. The highest BCUT2D eigenvalue weighted by atomic mass is 127. The third kappa shape index (κ3) is 2.99. The predicted octanol–water partition coefficient (Wildman–Crippen LogP) is 3.41. The molecule has 88 valence electrons. The van der Waals surface area contributed by atoms with E-state index in [1.165, 1.54) is 0 Å². The fourth-order valence-corrected chi connectivity index (χ4v) is 3.01. The standard InChI is InChI=1S/C9H7F2I2NO2/c1-2-16-9(15)5-6(12)4(7(10)11)3-14-8(5)13/h3,7H,2H2,1H3. The Hall–Kier alpha value is -0.0600. The van der Waals surface area contributed by atoms with Crippen molar-refractivity contribution in [3.05, 3.63) is 24.6 Å². The van der Waals surface area contributed by atoms with E-state index in [1.54, 1.807) is 29.5 Å². The molecule has 0 fully saturated rings. The molecule has 7 heteroatoms. The first kappa shape index (κ1) is 14.0. The molecule has 1 aromatic heterocycles. The van der Waals surface area contributed by atoms with E-state index in [0.717, 1.165) is 6.20 Å². The normalized spacial score (nSPS) is 10.6. The minimum absolute atomic E-state index is 0.112. The maximum absolute atomic E-state index is 12.6. The molecule has 0 spiro atoms. The molecule has 0 saturated heterocycles. The number of alkyl halides is 2. The SMILES string of the molecule is CCOC(=O)c1c(I)ncc(C(F)F)c1I.